The van der Waals surface area contributed by atoms with Crippen LogP contribution in [0.1, 0.15) is 30.4 Å². The van der Waals surface area contributed by atoms with E-state index in [4.69, 9.17) is 27.9 Å². The van der Waals surface area contributed by atoms with Crippen molar-refractivity contribution in [2.45, 2.75) is 55.9 Å². The van der Waals surface area contributed by atoms with Gasteiger partial charge in [0.2, 0.25) is 15.9 Å². The molecule has 1 heterocycles. The first-order chi connectivity index (χ1) is 15.2. The standard InChI is InChI=1S/C22H26Cl2N2O5S/c1-14-2-6-17(7-3-14)32(29,30)26-20-9-5-16(31-21(20)13-27)11-22(28)25-12-15-4-8-18(23)19(24)10-15/h2-4,6-8,10,16,20-21,26-27H,5,9,11-13H2,1H3,(H,25,28)/t16-,20+,21+/m0/s1. The molecule has 0 bridgehead atoms. The number of ether oxygens (including phenoxy) is 1. The molecule has 0 spiro atoms. The van der Waals surface area contributed by atoms with Crippen LogP contribution in [0.3, 0.4) is 0 Å². The van der Waals surface area contributed by atoms with Crippen LogP contribution in [-0.2, 0) is 26.1 Å². The van der Waals surface area contributed by atoms with E-state index < -0.39 is 28.3 Å². The van der Waals surface area contributed by atoms with Gasteiger partial charge in [-0.1, -0.05) is 47.0 Å². The number of aliphatic hydroxyl groups excluding tert-OH is 1. The van der Waals surface area contributed by atoms with Crippen molar-refractivity contribution < 1.29 is 23.1 Å². The van der Waals surface area contributed by atoms with Crippen LogP contribution < -0.4 is 10.0 Å². The third-order valence-electron chi connectivity index (χ3n) is 5.32. The van der Waals surface area contributed by atoms with E-state index in [1.165, 1.54) is 12.1 Å². The number of rotatable bonds is 8. The lowest BCUT2D eigenvalue weighted by molar-refractivity contribution is -0.130. The Morgan fingerprint density at radius 3 is 2.50 bits per heavy atom. The minimum absolute atomic E-state index is 0.106. The van der Waals surface area contributed by atoms with Crippen molar-refractivity contribution in [1.82, 2.24) is 10.0 Å². The minimum atomic E-state index is -3.75. The second-order valence-corrected chi connectivity index (χ2v) is 10.4. The Kier molecular flexibility index (Phi) is 8.55. The first-order valence-electron chi connectivity index (χ1n) is 10.2. The maximum Gasteiger partial charge on any atom is 0.240 e. The molecule has 32 heavy (non-hydrogen) atoms. The number of aliphatic hydroxyl groups is 1. The van der Waals surface area contributed by atoms with E-state index >= 15 is 0 Å². The van der Waals surface area contributed by atoms with Crippen molar-refractivity contribution in [2.75, 3.05) is 6.61 Å². The fourth-order valence-electron chi connectivity index (χ4n) is 3.53. The van der Waals surface area contributed by atoms with Crippen LogP contribution in [0.4, 0.5) is 0 Å². The average molecular weight is 501 g/mol. The first-order valence-corrected chi connectivity index (χ1v) is 12.5. The Labute approximate surface area is 198 Å². The number of carbonyl (C=O) groups is 1. The summed E-state index contributed by atoms with van der Waals surface area (Å²) in [6.07, 6.45) is -0.119. The predicted octanol–water partition coefficient (Wildman–Crippen LogP) is 3.20. The topological polar surface area (TPSA) is 105 Å². The Hall–Kier alpha value is -1.68. The number of sulfonamides is 1. The number of aryl methyl sites for hydroxylation is 1. The van der Waals surface area contributed by atoms with E-state index in [9.17, 15) is 18.3 Å². The molecule has 7 nitrogen and oxygen atoms in total. The van der Waals surface area contributed by atoms with Gasteiger partial charge in [-0.15, -0.1) is 0 Å². The zero-order valence-corrected chi connectivity index (χ0v) is 19.9. The van der Waals surface area contributed by atoms with Gasteiger partial charge in [-0.3, -0.25) is 4.79 Å². The highest BCUT2D eigenvalue weighted by Crippen LogP contribution is 2.24. The van der Waals surface area contributed by atoms with Gasteiger partial charge in [0.1, 0.15) is 0 Å². The van der Waals surface area contributed by atoms with E-state index in [2.05, 4.69) is 10.0 Å². The molecular formula is C22H26Cl2N2O5S. The predicted molar refractivity (Wildman–Crippen MR) is 123 cm³/mol. The number of halogens is 2. The average Bonchev–Trinajstić information content (AvgIpc) is 2.75. The van der Waals surface area contributed by atoms with Crippen LogP contribution in [0, 0.1) is 6.92 Å². The normalized spacial score (nSPS) is 21.3. The molecule has 0 radical (unpaired) electrons. The van der Waals surface area contributed by atoms with Gasteiger partial charge < -0.3 is 15.2 Å². The molecule has 0 aliphatic carbocycles. The van der Waals surface area contributed by atoms with E-state index in [1.807, 2.05) is 6.92 Å². The molecule has 3 N–H and O–H groups in total. The molecule has 0 saturated carbocycles. The summed E-state index contributed by atoms with van der Waals surface area (Å²) in [5, 5.41) is 13.4. The molecule has 1 fully saturated rings. The van der Waals surface area contributed by atoms with Crippen molar-refractivity contribution in [3.8, 4) is 0 Å². The zero-order valence-electron chi connectivity index (χ0n) is 17.6. The lowest BCUT2D eigenvalue weighted by Gasteiger charge is -2.35. The Balaban J connectivity index is 1.52. The van der Waals surface area contributed by atoms with Gasteiger partial charge in [0.05, 0.1) is 46.2 Å². The zero-order chi connectivity index (χ0) is 23.3. The van der Waals surface area contributed by atoms with Gasteiger partial charge in [0.15, 0.2) is 0 Å². The van der Waals surface area contributed by atoms with Crippen LogP contribution in [0.5, 0.6) is 0 Å². The largest absolute Gasteiger partial charge is 0.394 e. The minimum Gasteiger partial charge on any atom is -0.394 e. The number of amides is 1. The molecule has 1 saturated heterocycles. The molecule has 0 aromatic heterocycles. The van der Waals surface area contributed by atoms with E-state index in [0.717, 1.165) is 11.1 Å². The number of benzene rings is 2. The molecule has 1 amide bonds. The SMILES string of the molecule is Cc1ccc(S(=O)(=O)N[C@@H]2CC[C@@H](CC(=O)NCc3ccc(Cl)c(Cl)c3)O[C@@H]2CO)cc1. The second kappa shape index (κ2) is 11.0. The monoisotopic (exact) mass is 500 g/mol. The number of nitrogens with one attached hydrogen (secondary N) is 2. The summed E-state index contributed by atoms with van der Waals surface area (Å²) < 4.78 is 33.8. The highest BCUT2D eigenvalue weighted by molar-refractivity contribution is 7.89. The third-order valence-corrected chi connectivity index (χ3v) is 7.57. The van der Waals surface area contributed by atoms with E-state index in [0.29, 0.717) is 29.4 Å². The molecule has 1 aliphatic rings. The summed E-state index contributed by atoms with van der Waals surface area (Å²) in [5.41, 5.74) is 1.77. The quantitative estimate of drug-likeness (QED) is 0.516. The van der Waals surface area contributed by atoms with Gasteiger partial charge in [-0.2, -0.15) is 0 Å². The summed E-state index contributed by atoms with van der Waals surface area (Å²) >= 11 is 11.9. The molecule has 2 aromatic carbocycles. The Morgan fingerprint density at radius 2 is 1.84 bits per heavy atom. The van der Waals surface area contributed by atoms with Crippen LogP contribution >= 0.6 is 23.2 Å². The molecule has 1 aliphatic heterocycles. The highest BCUT2D eigenvalue weighted by Gasteiger charge is 2.34. The van der Waals surface area contributed by atoms with Crippen molar-refractivity contribution in [3.63, 3.8) is 0 Å². The van der Waals surface area contributed by atoms with Crippen LogP contribution in [-0.4, -0.2) is 44.3 Å². The smallest absolute Gasteiger partial charge is 0.240 e. The molecular weight excluding hydrogens is 475 g/mol. The van der Waals surface area contributed by atoms with Gasteiger partial charge in [-0.05, 0) is 49.6 Å². The maximum atomic E-state index is 12.7. The molecule has 3 atom stereocenters. The summed E-state index contributed by atoms with van der Waals surface area (Å²) in [6.45, 7) is 1.81. The Bertz CT molecular complexity index is 1050. The molecule has 0 unspecified atom stereocenters. The van der Waals surface area contributed by atoms with Crippen LogP contribution in [0.15, 0.2) is 47.4 Å². The Morgan fingerprint density at radius 1 is 1.12 bits per heavy atom. The van der Waals surface area contributed by atoms with Gasteiger partial charge >= 0.3 is 0 Å². The summed E-state index contributed by atoms with van der Waals surface area (Å²) in [5.74, 6) is -0.212. The number of carbonyl (C=O) groups excluding carboxylic acids is 1. The second-order valence-electron chi connectivity index (χ2n) is 7.83. The molecule has 3 rings (SSSR count). The molecule has 174 valence electrons. The van der Waals surface area contributed by atoms with E-state index in [-0.39, 0.29) is 23.8 Å². The number of hydrogen-bond acceptors (Lipinski definition) is 5. The fraction of sp³-hybridized carbons (Fsp3) is 0.409. The van der Waals surface area contributed by atoms with Gasteiger partial charge in [0.25, 0.3) is 0 Å². The lowest BCUT2D eigenvalue weighted by Crippen LogP contribution is -2.51. The van der Waals surface area contributed by atoms with Crippen molar-refractivity contribution >= 4 is 39.1 Å². The summed E-state index contributed by atoms with van der Waals surface area (Å²) in [4.78, 5) is 12.5. The lowest BCUT2D eigenvalue weighted by atomic mass is 9.98. The first kappa shape index (κ1) is 25.0. The third kappa shape index (κ3) is 6.66. The fourth-order valence-corrected chi connectivity index (χ4v) is 5.15. The number of hydrogen-bond donors (Lipinski definition) is 3. The molecule has 2 aromatic rings. The highest BCUT2D eigenvalue weighted by atomic mass is 35.5. The molecule has 10 heteroatoms. The van der Waals surface area contributed by atoms with Crippen molar-refractivity contribution in [1.29, 1.82) is 0 Å². The summed E-state index contributed by atoms with van der Waals surface area (Å²) in [7, 11) is -3.75. The van der Waals surface area contributed by atoms with Crippen LogP contribution in [0.25, 0.3) is 0 Å². The van der Waals surface area contributed by atoms with Crippen molar-refractivity contribution in [2.24, 2.45) is 0 Å². The summed E-state index contributed by atoms with van der Waals surface area (Å²) in [6, 6.07) is 11.1. The van der Waals surface area contributed by atoms with Gasteiger partial charge in [0, 0.05) is 6.54 Å². The maximum absolute atomic E-state index is 12.7. The van der Waals surface area contributed by atoms with Crippen molar-refractivity contribution in [3.05, 3.63) is 63.6 Å². The van der Waals surface area contributed by atoms with Gasteiger partial charge in [-0.25, -0.2) is 13.1 Å². The van der Waals surface area contributed by atoms with Crippen LogP contribution in [0.2, 0.25) is 10.0 Å². The van der Waals surface area contributed by atoms with E-state index in [1.54, 1.807) is 30.3 Å².